The van der Waals surface area contributed by atoms with Crippen molar-refractivity contribution < 1.29 is 15.0 Å². The highest BCUT2D eigenvalue weighted by atomic mass is 16.4. The van der Waals surface area contributed by atoms with E-state index in [4.69, 9.17) is 5.11 Å². The second-order valence-electron chi connectivity index (χ2n) is 5.01. The quantitative estimate of drug-likeness (QED) is 0.563. The molecule has 2 rings (SSSR count). The molecule has 0 atom stereocenters. The van der Waals surface area contributed by atoms with E-state index in [-0.39, 0.29) is 11.3 Å². The molecule has 0 unspecified atom stereocenters. The maximum Gasteiger partial charge on any atom is 0.335 e. The number of hydrogen-bond donors (Lipinski definition) is 3. The minimum absolute atomic E-state index is 0.249. The van der Waals surface area contributed by atoms with Crippen LogP contribution in [0.1, 0.15) is 29.3 Å². The third-order valence-corrected chi connectivity index (χ3v) is 3.22. The van der Waals surface area contributed by atoms with Gasteiger partial charge in [-0.1, -0.05) is 12.1 Å². The third-order valence-electron chi connectivity index (χ3n) is 3.22. The molecular formula is C17H18N2O3. The number of aromatic hydroxyl groups is 1. The Hall–Kier alpha value is -2.82. The molecular weight excluding hydrogens is 280 g/mol. The molecule has 114 valence electrons. The molecule has 0 aliphatic heterocycles. The molecule has 5 heteroatoms. The summed E-state index contributed by atoms with van der Waals surface area (Å²) >= 11 is 0. The molecule has 0 spiro atoms. The molecule has 0 bridgehead atoms. The fourth-order valence-electron chi connectivity index (χ4n) is 1.89. The molecule has 0 fully saturated rings. The second kappa shape index (κ2) is 7.26. The maximum atomic E-state index is 10.8. The molecule has 0 saturated carbocycles. The van der Waals surface area contributed by atoms with E-state index < -0.39 is 5.97 Å². The summed E-state index contributed by atoms with van der Waals surface area (Å²) in [7, 11) is 0. The summed E-state index contributed by atoms with van der Waals surface area (Å²) in [6, 6.07) is 13.5. The highest BCUT2D eigenvalue weighted by molar-refractivity contribution is 5.88. The van der Waals surface area contributed by atoms with Crippen LogP contribution in [-0.4, -0.2) is 21.9 Å². The van der Waals surface area contributed by atoms with Gasteiger partial charge in [-0.05, 0) is 61.7 Å². The number of anilines is 1. The van der Waals surface area contributed by atoms with Crippen molar-refractivity contribution in [2.24, 2.45) is 5.10 Å². The summed E-state index contributed by atoms with van der Waals surface area (Å²) in [6.45, 7) is 1.93. The van der Waals surface area contributed by atoms with E-state index in [9.17, 15) is 9.90 Å². The zero-order valence-corrected chi connectivity index (χ0v) is 12.3. The molecule has 0 aliphatic carbocycles. The van der Waals surface area contributed by atoms with Crippen LogP contribution in [-0.2, 0) is 6.42 Å². The number of hydrazone groups is 1. The van der Waals surface area contributed by atoms with Crippen LogP contribution in [0.15, 0.2) is 53.6 Å². The summed E-state index contributed by atoms with van der Waals surface area (Å²) in [5.74, 6) is -0.680. The largest absolute Gasteiger partial charge is 0.508 e. The molecule has 0 aliphatic rings. The number of phenols is 1. The number of aryl methyl sites for hydroxylation is 1. The zero-order valence-electron chi connectivity index (χ0n) is 12.3. The molecule has 3 N–H and O–H groups in total. The first-order valence-corrected chi connectivity index (χ1v) is 6.95. The summed E-state index contributed by atoms with van der Waals surface area (Å²) in [5.41, 5.74) is 5.98. The van der Waals surface area contributed by atoms with Gasteiger partial charge in [-0.2, -0.15) is 5.10 Å². The van der Waals surface area contributed by atoms with Crippen molar-refractivity contribution in [3.63, 3.8) is 0 Å². The lowest BCUT2D eigenvalue weighted by Crippen LogP contribution is -2.00. The number of nitrogens with one attached hydrogen (secondary N) is 1. The molecule has 0 heterocycles. The van der Waals surface area contributed by atoms with Gasteiger partial charge < -0.3 is 10.2 Å². The van der Waals surface area contributed by atoms with Gasteiger partial charge >= 0.3 is 5.97 Å². The SMILES string of the molecule is C/C(CCc1ccc(O)cc1)=N\Nc1ccc(C(=O)O)cc1. The van der Waals surface area contributed by atoms with Gasteiger partial charge in [0.15, 0.2) is 0 Å². The Morgan fingerprint density at radius 2 is 1.73 bits per heavy atom. The molecule has 0 aromatic heterocycles. The molecule has 2 aromatic carbocycles. The number of aromatic carboxylic acids is 1. The molecule has 0 saturated heterocycles. The first-order valence-electron chi connectivity index (χ1n) is 6.95. The van der Waals surface area contributed by atoms with E-state index in [2.05, 4.69) is 10.5 Å². The van der Waals surface area contributed by atoms with E-state index in [1.807, 2.05) is 19.1 Å². The standard InChI is InChI=1S/C17H18N2O3/c1-12(2-3-13-4-10-16(20)11-5-13)18-19-15-8-6-14(7-9-15)17(21)22/h4-11,19-20H,2-3H2,1H3,(H,21,22)/b18-12+. The van der Waals surface area contributed by atoms with Crippen LogP contribution in [0.4, 0.5) is 5.69 Å². The lowest BCUT2D eigenvalue weighted by Gasteiger charge is -2.04. The van der Waals surface area contributed by atoms with Crippen molar-refractivity contribution in [2.75, 3.05) is 5.43 Å². The minimum atomic E-state index is -0.944. The van der Waals surface area contributed by atoms with Crippen LogP contribution in [0.25, 0.3) is 0 Å². The topological polar surface area (TPSA) is 81.9 Å². The highest BCUT2D eigenvalue weighted by Crippen LogP contribution is 2.12. The summed E-state index contributed by atoms with van der Waals surface area (Å²) in [4.78, 5) is 10.8. The van der Waals surface area contributed by atoms with Gasteiger partial charge in [-0.25, -0.2) is 4.79 Å². The van der Waals surface area contributed by atoms with Gasteiger partial charge in [0.2, 0.25) is 0 Å². The number of phenolic OH excluding ortho intramolecular Hbond substituents is 1. The van der Waals surface area contributed by atoms with Gasteiger partial charge in [0.1, 0.15) is 5.75 Å². The number of rotatable bonds is 6. The molecule has 0 radical (unpaired) electrons. The number of benzene rings is 2. The number of hydrogen-bond acceptors (Lipinski definition) is 4. The Kier molecular flexibility index (Phi) is 5.14. The molecule has 0 amide bonds. The number of carbonyl (C=O) groups is 1. The Bertz CT molecular complexity index is 661. The first-order chi connectivity index (χ1) is 10.5. The number of nitrogens with zero attached hydrogens (tertiary/aromatic N) is 1. The minimum Gasteiger partial charge on any atom is -0.508 e. The Labute approximate surface area is 128 Å². The van der Waals surface area contributed by atoms with E-state index in [1.54, 1.807) is 24.3 Å². The smallest absolute Gasteiger partial charge is 0.335 e. The van der Waals surface area contributed by atoms with Crippen LogP contribution in [0.2, 0.25) is 0 Å². The van der Waals surface area contributed by atoms with E-state index in [0.717, 1.165) is 29.8 Å². The Morgan fingerprint density at radius 3 is 2.32 bits per heavy atom. The van der Waals surface area contributed by atoms with Gasteiger partial charge in [0, 0.05) is 5.71 Å². The fraction of sp³-hybridized carbons (Fsp3) is 0.176. The van der Waals surface area contributed by atoms with E-state index >= 15 is 0 Å². The average molecular weight is 298 g/mol. The Morgan fingerprint density at radius 1 is 1.09 bits per heavy atom. The van der Waals surface area contributed by atoms with Crippen LogP contribution in [0.5, 0.6) is 5.75 Å². The first kappa shape index (κ1) is 15.6. The summed E-state index contributed by atoms with van der Waals surface area (Å²) in [5, 5.41) is 22.3. The fourth-order valence-corrected chi connectivity index (χ4v) is 1.89. The second-order valence-corrected chi connectivity index (χ2v) is 5.01. The maximum absolute atomic E-state index is 10.8. The van der Waals surface area contributed by atoms with Crippen LogP contribution >= 0.6 is 0 Å². The zero-order chi connectivity index (χ0) is 15.9. The summed E-state index contributed by atoms with van der Waals surface area (Å²) < 4.78 is 0. The van der Waals surface area contributed by atoms with Crippen LogP contribution in [0.3, 0.4) is 0 Å². The highest BCUT2D eigenvalue weighted by Gasteiger charge is 2.01. The van der Waals surface area contributed by atoms with Crippen molar-refractivity contribution >= 4 is 17.4 Å². The lowest BCUT2D eigenvalue weighted by atomic mass is 10.1. The van der Waals surface area contributed by atoms with E-state index in [1.165, 1.54) is 12.1 Å². The molecule has 5 nitrogen and oxygen atoms in total. The molecule has 22 heavy (non-hydrogen) atoms. The van der Waals surface area contributed by atoms with Gasteiger partial charge in [-0.3, -0.25) is 5.43 Å². The van der Waals surface area contributed by atoms with Gasteiger partial charge in [0.25, 0.3) is 0 Å². The third kappa shape index (κ3) is 4.63. The average Bonchev–Trinajstić information content (AvgIpc) is 2.52. The summed E-state index contributed by atoms with van der Waals surface area (Å²) in [6.07, 6.45) is 1.64. The van der Waals surface area contributed by atoms with E-state index in [0.29, 0.717) is 0 Å². The van der Waals surface area contributed by atoms with Crippen molar-refractivity contribution in [3.05, 3.63) is 59.7 Å². The normalized spacial score (nSPS) is 11.2. The van der Waals surface area contributed by atoms with Crippen molar-refractivity contribution in [1.29, 1.82) is 0 Å². The number of carboxylic acids is 1. The van der Waals surface area contributed by atoms with Crippen molar-refractivity contribution in [2.45, 2.75) is 19.8 Å². The lowest BCUT2D eigenvalue weighted by molar-refractivity contribution is 0.0697. The molecule has 2 aromatic rings. The van der Waals surface area contributed by atoms with Crippen molar-refractivity contribution in [1.82, 2.24) is 0 Å². The number of carboxylic acid groups (broad SMARTS) is 1. The van der Waals surface area contributed by atoms with Gasteiger partial charge in [-0.15, -0.1) is 0 Å². The Balaban J connectivity index is 1.86. The predicted octanol–water partition coefficient (Wildman–Crippen LogP) is 3.51. The van der Waals surface area contributed by atoms with Crippen LogP contribution in [0, 0.1) is 0 Å². The van der Waals surface area contributed by atoms with Crippen LogP contribution < -0.4 is 5.43 Å². The van der Waals surface area contributed by atoms with Gasteiger partial charge in [0.05, 0.1) is 11.3 Å². The van der Waals surface area contributed by atoms with Crippen molar-refractivity contribution in [3.8, 4) is 5.75 Å². The monoisotopic (exact) mass is 298 g/mol. The predicted molar refractivity (Wildman–Crippen MR) is 86.6 cm³/mol.